The van der Waals surface area contributed by atoms with Gasteiger partial charge < -0.3 is 25.1 Å². The average Bonchev–Trinajstić information content (AvgIpc) is 2.73. The first-order valence-electron chi connectivity index (χ1n) is 9.54. The van der Waals surface area contributed by atoms with Gasteiger partial charge in [0.1, 0.15) is 6.29 Å². The number of hydrogen-bond donors (Lipinski definition) is 2. The number of anilines is 2. The number of hydrogen-bond acceptors (Lipinski definition) is 6. The van der Waals surface area contributed by atoms with Gasteiger partial charge >= 0.3 is 6.18 Å². The molecule has 0 radical (unpaired) electrons. The smallest absolute Gasteiger partial charge is 0.385 e. The molecule has 0 aliphatic carbocycles. The summed E-state index contributed by atoms with van der Waals surface area (Å²) in [7, 11) is 5.22. The summed E-state index contributed by atoms with van der Waals surface area (Å²) in [5.74, 6) is 0.789. The lowest BCUT2D eigenvalue weighted by molar-refractivity contribution is -0.127. The molecule has 0 fully saturated rings. The van der Waals surface area contributed by atoms with E-state index in [1.807, 2.05) is 26.2 Å². The third-order valence-corrected chi connectivity index (χ3v) is 4.21. The lowest BCUT2D eigenvalue weighted by Crippen LogP contribution is -2.21. The van der Waals surface area contributed by atoms with Crippen LogP contribution in [-0.2, 0) is 16.0 Å². The van der Waals surface area contributed by atoms with Crippen LogP contribution in [-0.4, -0.2) is 51.8 Å². The van der Waals surface area contributed by atoms with Crippen LogP contribution in [0.1, 0.15) is 17.2 Å². The number of nitrogens with zero attached hydrogens (tertiary/aromatic N) is 2. The fourth-order valence-electron chi connectivity index (χ4n) is 2.74. The van der Waals surface area contributed by atoms with E-state index in [0.29, 0.717) is 13.2 Å². The van der Waals surface area contributed by atoms with Crippen molar-refractivity contribution in [2.75, 3.05) is 44.6 Å². The number of aldehydes is 1. The Morgan fingerprint density at radius 2 is 1.94 bits per heavy atom. The number of rotatable bonds is 10. The first kappa shape index (κ1) is 26.0. The number of benzene rings is 1. The molecule has 1 heterocycles. The first-order chi connectivity index (χ1) is 14.8. The zero-order chi connectivity index (χ0) is 23.3. The fraction of sp³-hybridized carbons (Fsp3) is 0.364. The molecule has 1 unspecified atom stereocenters. The van der Waals surface area contributed by atoms with Crippen molar-refractivity contribution < 1.29 is 22.7 Å². The van der Waals surface area contributed by atoms with Crippen LogP contribution in [0.2, 0.25) is 0 Å². The minimum Gasteiger partial charge on any atom is -0.385 e. The van der Waals surface area contributed by atoms with Crippen LogP contribution in [0.25, 0.3) is 0 Å². The largest absolute Gasteiger partial charge is 0.393 e. The normalized spacial score (nSPS) is 11.5. The van der Waals surface area contributed by atoms with E-state index in [4.69, 9.17) is 4.74 Å². The number of carbonyl (C=O) groups is 1. The minimum absolute atomic E-state index is 0.104. The molecule has 0 amide bonds. The fourth-order valence-corrected chi connectivity index (χ4v) is 2.74. The minimum atomic E-state index is -4.17. The summed E-state index contributed by atoms with van der Waals surface area (Å²) in [5, 5.41) is 6.00. The quantitative estimate of drug-likeness (QED) is 0.548. The van der Waals surface area contributed by atoms with Crippen LogP contribution >= 0.6 is 0 Å². The number of ether oxygens (including phenoxy) is 1. The summed E-state index contributed by atoms with van der Waals surface area (Å²) >= 11 is 0. The van der Waals surface area contributed by atoms with Crippen LogP contribution in [0.3, 0.4) is 0 Å². The molecule has 2 aromatic rings. The van der Waals surface area contributed by atoms with Crippen molar-refractivity contribution in [1.29, 1.82) is 0 Å². The number of aromatic nitrogens is 1. The SMILES string of the molecule is C=CNC(COC)c1ccc(CC(F)(F)F)cc1.CNc1cccnc1N(C)CC=O. The summed E-state index contributed by atoms with van der Waals surface area (Å²) in [6.45, 7) is 4.33. The lowest BCUT2D eigenvalue weighted by atomic mass is 10.0. The van der Waals surface area contributed by atoms with Gasteiger partial charge in [-0.25, -0.2) is 4.98 Å². The van der Waals surface area contributed by atoms with Gasteiger partial charge in [-0.3, -0.25) is 0 Å². The summed E-state index contributed by atoms with van der Waals surface area (Å²) < 4.78 is 41.6. The van der Waals surface area contributed by atoms with Crippen LogP contribution in [0, 0.1) is 0 Å². The zero-order valence-corrected chi connectivity index (χ0v) is 17.9. The Hall–Kier alpha value is -3.07. The number of pyridine rings is 1. The molecule has 1 atom stereocenters. The number of likely N-dealkylation sites (N-methyl/N-ethyl adjacent to an activating group) is 1. The molecule has 0 spiro atoms. The van der Waals surface area contributed by atoms with Gasteiger partial charge in [0.25, 0.3) is 0 Å². The summed E-state index contributed by atoms with van der Waals surface area (Å²) in [6.07, 6.45) is -0.983. The van der Waals surface area contributed by atoms with Gasteiger partial charge in [-0.05, 0) is 29.5 Å². The molecule has 2 rings (SSSR count). The highest BCUT2D eigenvalue weighted by Gasteiger charge is 2.27. The van der Waals surface area contributed by atoms with Gasteiger partial charge in [0.05, 0.1) is 31.3 Å². The Morgan fingerprint density at radius 3 is 2.45 bits per heavy atom. The van der Waals surface area contributed by atoms with Crippen LogP contribution in [0.5, 0.6) is 0 Å². The second-order valence-corrected chi connectivity index (χ2v) is 6.58. The van der Waals surface area contributed by atoms with Crippen LogP contribution < -0.4 is 15.5 Å². The average molecular weight is 438 g/mol. The lowest BCUT2D eigenvalue weighted by Gasteiger charge is -2.17. The number of carbonyl (C=O) groups excluding carboxylic acids is 1. The predicted octanol–water partition coefficient (Wildman–Crippen LogP) is 3.97. The van der Waals surface area contributed by atoms with Gasteiger partial charge in [0.15, 0.2) is 5.82 Å². The van der Waals surface area contributed by atoms with Crippen LogP contribution in [0.15, 0.2) is 55.4 Å². The van der Waals surface area contributed by atoms with E-state index in [2.05, 4.69) is 22.2 Å². The van der Waals surface area contributed by atoms with Crippen molar-refractivity contribution in [2.24, 2.45) is 0 Å². The van der Waals surface area contributed by atoms with E-state index in [1.54, 1.807) is 30.3 Å². The molecule has 0 saturated heterocycles. The number of alkyl halides is 3. The molecule has 31 heavy (non-hydrogen) atoms. The van der Waals surface area contributed by atoms with Gasteiger partial charge in [0, 0.05) is 27.4 Å². The summed E-state index contributed by atoms with van der Waals surface area (Å²) in [5.41, 5.74) is 2.04. The van der Waals surface area contributed by atoms with Crippen molar-refractivity contribution in [2.45, 2.75) is 18.6 Å². The molecule has 1 aromatic carbocycles. The molecule has 6 nitrogen and oxygen atoms in total. The third kappa shape index (κ3) is 9.52. The van der Waals surface area contributed by atoms with E-state index in [0.717, 1.165) is 23.4 Å². The van der Waals surface area contributed by atoms with Crippen molar-refractivity contribution in [3.05, 3.63) is 66.5 Å². The maximum Gasteiger partial charge on any atom is 0.393 e. The molecule has 1 aromatic heterocycles. The summed E-state index contributed by atoms with van der Waals surface area (Å²) in [6, 6.07) is 9.97. The molecular weight excluding hydrogens is 409 g/mol. The highest BCUT2D eigenvalue weighted by molar-refractivity contribution is 5.68. The van der Waals surface area contributed by atoms with Crippen LogP contribution in [0.4, 0.5) is 24.7 Å². The molecular formula is C22H29F3N4O2. The van der Waals surface area contributed by atoms with E-state index >= 15 is 0 Å². The van der Waals surface area contributed by atoms with E-state index in [9.17, 15) is 18.0 Å². The predicted molar refractivity (Wildman–Crippen MR) is 117 cm³/mol. The Balaban J connectivity index is 0.000000327. The second-order valence-electron chi connectivity index (χ2n) is 6.58. The standard InChI is InChI=1S/C13H16F3NO.C9H13N3O/c1-3-17-12(9-18-2)11-6-4-10(5-7-11)8-13(14,15)16;1-10-8-4-3-5-11-9(8)12(2)6-7-13/h3-7,12,17H,1,8-9H2,2H3;3-5,7,10H,6H2,1-2H3. The van der Waals surface area contributed by atoms with E-state index < -0.39 is 12.6 Å². The number of methoxy groups -OCH3 is 1. The molecule has 0 bridgehead atoms. The Bertz CT molecular complexity index is 798. The van der Waals surface area contributed by atoms with Gasteiger partial charge in [0.2, 0.25) is 0 Å². The molecule has 0 aliphatic heterocycles. The van der Waals surface area contributed by atoms with Crippen molar-refractivity contribution in [3.63, 3.8) is 0 Å². The molecule has 2 N–H and O–H groups in total. The van der Waals surface area contributed by atoms with Gasteiger partial charge in [-0.2, -0.15) is 13.2 Å². The number of halogens is 3. The van der Waals surface area contributed by atoms with E-state index in [-0.39, 0.29) is 11.6 Å². The van der Waals surface area contributed by atoms with Crippen molar-refractivity contribution >= 4 is 17.8 Å². The van der Waals surface area contributed by atoms with Gasteiger partial charge in [-0.1, -0.05) is 30.8 Å². The molecule has 0 aliphatic rings. The van der Waals surface area contributed by atoms with E-state index in [1.165, 1.54) is 18.3 Å². The molecule has 170 valence electrons. The Morgan fingerprint density at radius 1 is 1.26 bits per heavy atom. The molecule has 9 heteroatoms. The van der Waals surface area contributed by atoms with Crippen molar-refractivity contribution in [3.8, 4) is 0 Å². The third-order valence-electron chi connectivity index (χ3n) is 4.21. The highest BCUT2D eigenvalue weighted by atomic mass is 19.4. The summed E-state index contributed by atoms with van der Waals surface area (Å²) in [4.78, 5) is 16.3. The maximum atomic E-state index is 12.2. The topological polar surface area (TPSA) is 66.5 Å². The zero-order valence-electron chi connectivity index (χ0n) is 17.9. The monoisotopic (exact) mass is 438 g/mol. The Labute approximate surface area is 181 Å². The van der Waals surface area contributed by atoms with Gasteiger partial charge in [-0.15, -0.1) is 0 Å². The molecule has 0 saturated carbocycles. The highest BCUT2D eigenvalue weighted by Crippen LogP contribution is 2.23. The number of nitrogens with one attached hydrogen (secondary N) is 2. The first-order valence-corrected chi connectivity index (χ1v) is 9.54. The van der Waals surface area contributed by atoms with Crippen molar-refractivity contribution in [1.82, 2.24) is 10.3 Å². The Kier molecular flexibility index (Phi) is 11.1. The maximum absolute atomic E-state index is 12.2. The second kappa shape index (κ2) is 13.3.